The van der Waals surface area contributed by atoms with E-state index in [0.29, 0.717) is 24.7 Å². The molecule has 0 radical (unpaired) electrons. The summed E-state index contributed by atoms with van der Waals surface area (Å²) in [6.07, 6.45) is 0.858. The van der Waals surface area contributed by atoms with Gasteiger partial charge in [0.15, 0.2) is 11.5 Å². The van der Waals surface area contributed by atoms with Crippen LogP contribution in [0.15, 0.2) is 16.6 Å². The first kappa shape index (κ1) is 14.2. The van der Waals surface area contributed by atoms with Gasteiger partial charge in [-0.2, -0.15) is 0 Å². The summed E-state index contributed by atoms with van der Waals surface area (Å²) in [4.78, 5) is 11.0. The van der Waals surface area contributed by atoms with Crippen LogP contribution in [0.25, 0.3) is 0 Å². The molecule has 0 saturated carbocycles. The van der Waals surface area contributed by atoms with Gasteiger partial charge >= 0.3 is 5.97 Å². The molecule has 5 heteroatoms. The van der Waals surface area contributed by atoms with Crippen LogP contribution in [-0.2, 0) is 10.2 Å². The standard InChI is InChI=1S/C14H17BrO4/c1-14(2,8-11(16)17)12-9(15)4-5-10-13(12)19-7-3-6-18-10/h4-5H,3,6-8H2,1-2H3,(H,16,17). The summed E-state index contributed by atoms with van der Waals surface area (Å²) in [5.41, 5.74) is 0.318. The summed E-state index contributed by atoms with van der Waals surface area (Å²) in [6.45, 7) is 5.00. The number of carboxylic acids is 1. The number of rotatable bonds is 3. The molecule has 104 valence electrons. The van der Waals surface area contributed by atoms with E-state index in [1.807, 2.05) is 26.0 Å². The second-order valence-electron chi connectivity index (χ2n) is 5.25. The van der Waals surface area contributed by atoms with Gasteiger partial charge < -0.3 is 14.6 Å². The first-order valence-electron chi connectivity index (χ1n) is 6.22. The first-order valence-corrected chi connectivity index (χ1v) is 7.01. The highest BCUT2D eigenvalue weighted by Gasteiger charge is 2.32. The molecule has 0 amide bonds. The predicted molar refractivity (Wildman–Crippen MR) is 75.0 cm³/mol. The molecule has 0 saturated heterocycles. The van der Waals surface area contributed by atoms with Crippen molar-refractivity contribution in [2.75, 3.05) is 13.2 Å². The molecule has 0 fully saturated rings. The number of carboxylic acid groups (broad SMARTS) is 1. The van der Waals surface area contributed by atoms with Crippen molar-refractivity contribution in [2.45, 2.75) is 32.1 Å². The van der Waals surface area contributed by atoms with E-state index in [0.717, 1.165) is 16.5 Å². The van der Waals surface area contributed by atoms with E-state index in [4.69, 9.17) is 14.6 Å². The average molecular weight is 329 g/mol. The Bertz CT molecular complexity index is 496. The maximum atomic E-state index is 11.0. The van der Waals surface area contributed by atoms with Gasteiger partial charge in [0.1, 0.15) is 0 Å². The van der Waals surface area contributed by atoms with Crippen LogP contribution in [0.5, 0.6) is 11.5 Å². The molecule has 1 aliphatic heterocycles. The van der Waals surface area contributed by atoms with Crippen LogP contribution in [0.1, 0.15) is 32.3 Å². The van der Waals surface area contributed by atoms with Crippen molar-refractivity contribution in [3.05, 3.63) is 22.2 Å². The number of fused-ring (bicyclic) bond motifs is 1. The fourth-order valence-electron chi connectivity index (χ4n) is 2.31. The number of benzene rings is 1. The lowest BCUT2D eigenvalue weighted by Crippen LogP contribution is -2.23. The molecule has 0 aliphatic carbocycles. The minimum absolute atomic E-state index is 0.0331. The topological polar surface area (TPSA) is 55.8 Å². The van der Waals surface area contributed by atoms with Crippen LogP contribution >= 0.6 is 15.9 Å². The molecular formula is C14H17BrO4. The molecule has 4 nitrogen and oxygen atoms in total. The molecule has 0 bridgehead atoms. The Morgan fingerprint density at radius 1 is 1.37 bits per heavy atom. The van der Waals surface area contributed by atoms with E-state index in [1.54, 1.807) is 0 Å². The fraction of sp³-hybridized carbons (Fsp3) is 0.500. The SMILES string of the molecule is CC(C)(CC(=O)O)c1c(Br)ccc2c1OCCCO2. The minimum Gasteiger partial charge on any atom is -0.490 e. The fourth-order valence-corrected chi connectivity index (χ4v) is 3.16. The van der Waals surface area contributed by atoms with Gasteiger partial charge in [0.25, 0.3) is 0 Å². The minimum atomic E-state index is -0.830. The van der Waals surface area contributed by atoms with Crippen molar-refractivity contribution in [2.24, 2.45) is 0 Å². The van der Waals surface area contributed by atoms with Gasteiger partial charge in [0.05, 0.1) is 19.6 Å². The lowest BCUT2D eigenvalue weighted by atomic mass is 9.81. The third kappa shape index (κ3) is 3.03. The summed E-state index contributed by atoms with van der Waals surface area (Å²) in [6, 6.07) is 3.73. The van der Waals surface area contributed by atoms with Crippen LogP contribution in [0, 0.1) is 0 Å². The summed E-state index contributed by atoms with van der Waals surface area (Å²) < 4.78 is 12.3. The Hall–Kier alpha value is -1.23. The number of hydrogen-bond donors (Lipinski definition) is 1. The van der Waals surface area contributed by atoms with Crippen molar-refractivity contribution in [1.29, 1.82) is 0 Å². The molecule has 0 aromatic heterocycles. The third-order valence-corrected chi connectivity index (χ3v) is 3.79. The molecule has 1 N–H and O–H groups in total. The average Bonchev–Trinajstić information content (AvgIpc) is 2.51. The number of halogens is 1. The summed E-state index contributed by atoms with van der Waals surface area (Å²) in [5.74, 6) is 0.524. The number of carbonyl (C=O) groups is 1. The van der Waals surface area contributed by atoms with E-state index >= 15 is 0 Å². The van der Waals surface area contributed by atoms with Crippen LogP contribution in [-0.4, -0.2) is 24.3 Å². The molecular weight excluding hydrogens is 312 g/mol. The summed E-state index contributed by atoms with van der Waals surface area (Å²) >= 11 is 3.50. The van der Waals surface area contributed by atoms with Crippen molar-refractivity contribution in [3.8, 4) is 11.5 Å². The first-order chi connectivity index (χ1) is 8.92. The van der Waals surface area contributed by atoms with Gasteiger partial charge in [-0.25, -0.2) is 0 Å². The Morgan fingerprint density at radius 3 is 2.74 bits per heavy atom. The van der Waals surface area contributed by atoms with Crippen molar-refractivity contribution in [3.63, 3.8) is 0 Å². The van der Waals surface area contributed by atoms with E-state index < -0.39 is 11.4 Å². The molecule has 0 spiro atoms. The van der Waals surface area contributed by atoms with E-state index in [1.165, 1.54) is 0 Å². The molecule has 0 unspecified atom stereocenters. The Balaban J connectivity index is 2.52. The Labute approximate surface area is 120 Å². The van der Waals surface area contributed by atoms with Crippen LogP contribution in [0.3, 0.4) is 0 Å². The van der Waals surface area contributed by atoms with Crippen molar-refractivity contribution >= 4 is 21.9 Å². The van der Waals surface area contributed by atoms with E-state index in [9.17, 15) is 4.79 Å². The van der Waals surface area contributed by atoms with Crippen LogP contribution in [0.4, 0.5) is 0 Å². The molecule has 2 rings (SSSR count). The van der Waals surface area contributed by atoms with Gasteiger partial charge in [0, 0.05) is 21.9 Å². The molecule has 1 aromatic rings. The van der Waals surface area contributed by atoms with Crippen molar-refractivity contribution < 1.29 is 19.4 Å². The maximum Gasteiger partial charge on any atom is 0.304 e. The number of hydrogen-bond acceptors (Lipinski definition) is 3. The van der Waals surface area contributed by atoms with Gasteiger partial charge in [-0.3, -0.25) is 4.79 Å². The Morgan fingerprint density at radius 2 is 2.05 bits per heavy atom. The number of aliphatic carboxylic acids is 1. The van der Waals surface area contributed by atoms with Gasteiger partial charge in [-0.15, -0.1) is 0 Å². The quantitative estimate of drug-likeness (QED) is 0.924. The summed E-state index contributed by atoms with van der Waals surface area (Å²) in [7, 11) is 0. The van der Waals surface area contributed by atoms with Crippen molar-refractivity contribution in [1.82, 2.24) is 0 Å². The normalized spacial score (nSPS) is 14.9. The zero-order chi connectivity index (χ0) is 14.0. The molecule has 19 heavy (non-hydrogen) atoms. The lowest BCUT2D eigenvalue weighted by molar-refractivity contribution is -0.138. The van der Waals surface area contributed by atoms with Gasteiger partial charge in [-0.05, 0) is 12.1 Å². The highest BCUT2D eigenvalue weighted by Crippen LogP contribution is 2.45. The van der Waals surface area contributed by atoms with E-state index in [2.05, 4.69) is 15.9 Å². The molecule has 1 aliphatic rings. The highest BCUT2D eigenvalue weighted by atomic mass is 79.9. The zero-order valence-electron chi connectivity index (χ0n) is 11.0. The van der Waals surface area contributed by atoms with Gasteiger partial charge in [0.2, 0.25) is 0 Å². The van der Waals surface area contributed by atoms with Crippen LogP contribution < -0.4 is 9.47 Å². The van der Waals surface area contributed by atoms with E-state index in [-0.39, 0.29) is 6.42 Å². The maximum absolute atomic E-state index is 11.0. The molecule has 0 atom stereocenters. The highest BCUT2D eigenvalue weighted by molar-refractivity contribution is 9.10. The summed E-state index contributed by atoms with van der Waals surface area (Å²) in [5, 5.41) is 9.07. The largest absolute Gasteiger partial charge is 0.490 e. The second-order valence-corrected chi connectivity index (χ2v) is 6.11. The number of ether oxygens (including phenoxy) is 2. The molecule has 1 heterocycles. The molecule has 1 aromatic carbocycles. The van der Waals surface area contributed by atoms with Gasteiger partial charge in [-0.1, -0.05) is 29.8 Å². The Kier molecular flexibility index (Phi) is 4.04. The third-order valence-electron chi connectivity index (χ3n) is 3.13. The smallest absolute Gasteiger partial charge is 0.304 e. The van der Waals surface area contributed by atoms with Crippen LogP contribution in [0.2, 0.25) is 0 Å². The second kappa shape index (κ2) is 5.41. The predicted octanol–water partition coefficient (Wildman–Crippen LogP) is 3.36. The monoisotopic (exact) mass is 328 g/mol. The lowest BCUT2D eigenvalue weighted by Gasteiger charge is -2.27. The zero-order valence-corrected chi connectivity index (χ0v) is 12.6.